The number of hydrogen-bond acceptors (Lipinski definition) is 10. The van der Waals surface area contributed by atoms with Crippen molar-refractivity contribution < 1.29 is 39.1 Å². The lowest BCUT2D eigenvalue weighted by Gasteiger charge is -2.28. The van der Waals surface area contributed by atoms with Gasteiger partial charge in [0.2, 0.25) is 0 Å². The molecule has 0 saturated heterocycles. The molecule has 0 radical (unpaired) electrons. The van der Waals surface area contributed by atoms with Gasteiger partial charge in [0.25, 0.3) is 0 Å². The van der Waals surface area contributed by atoms with Crippen LogP contribution in [0.3, 0.4) is 0 Å². The van der Waals surface area contributed by atoms with E-state index in [-0.39, 0.29) is 23.7 Å². The lowest BCUT2D eigenvalue weighted by molar-refractivity contribution is -0.136. The first-order valence-corrected chi connectivity index (χ1v) is 11.0. The summed E-state index contributed by atoms with van der Waals surface area (Å²) >= 11 is 0. The van der Waals surface area contributed by atoms with Crippen LogP contribution in [-0.2, 0) is 9.53 Å². The Kier molecular flexibility index (Phi) is 8.57. The van der Waals surface area contributed by atoms with Gasteiger partial charge in [-0.1, -0.05) is 6.07 Å². The van der Waals surface area contributed by atoms with Gasteiger partial charge in [-0.25, -0.2) is 9.59 Å². The Bertz CT molecular complexity index is 1180. The van der Waals surface area contributed by atoms with Crippen LogP contribution in [0.2, 0.25) is 0 Å². The molecule has 1 aliphatic heterocycles. The van der Waals surface area contributed by atoms with Gasteiger partial charge in [-0.05, 0) is 43.7 Å². The molecule has 192 valence electrons. The minimum Gasteiger partial charge on any atom is -0.508 e. The maximum Gasteiger partial charge on any atom is 0.337 e. The fourth-order valence-corrected chi connectivity index (χ4v) is 3.46. The zero-order valence-electron chi connectivity index (χ0n) is 19.9. The minimum absolute atomic E-state index is 0.0858. The number of methoxy groups -OCH3 is 1. The topological polar surface area (TPSA) is 171 Å². The summed E-state index contributed by atoms with van der Waals surface area (Å²) in [5.41, 5.74) is 4.00. The number of rotatable bonds is 10. The van der Waals surface area contributed by atoms with E-state index in [4.69, 9.17) is 14.2 Å². The molecule has 3 rings (SSSR count). The second kappa shape index (κ2) is 11.8. The molecule has 12 heteroatoms. The molecule has 0 spiro atoms. The standard InChI is InChI=1S/C24H28N4O8/c1-4-35-19-9-14(22-21(23(32)34-3)13(2)26-24(33)27-22)6-8-18(19)36-12-20(31)28-25-11-15-5-7-16(29)10-17(15)30/h5-11,20,22,28-31H,4,12H2,1-3H3,(H2,26,27,33)/b25-11-/t20-,22-/m0/s1. The highest BCUT2D eigenvalue weighted by atomic mass is 16.5. The van der Waals surface area contributed by atoms with Crippen LogP contribution in [-0.4, -0.2) is 60.1 Å². The number of nitrogens with one attached hydrogen (secondary N) is 3. The highest BCUT2D eigenvalue weighted by molar-refractivity contribution is 5.95. The van der Waals surface area contributed by atoms with Crippen molar-refractivity contribution in [2.24, 2.45) is 5.10 Å². The van der Waals surface area contributed by atoms with Gasteiger partial charge in [0.1, 0.15) is 18.1 Å². The van der Waals surface area contributed by atoms with Crippen molar-refractivity contribution in [3.8, 4) is 23.0 Å². The molecular weight excluding hydrogens is 472 g/mol. The molecule has 0 unspecified atom stereocenters. The number of phenols is 2. The van der Waals surface area contributed by atoms with Gasteiger partial charge in [0.05, 0.1) is 31.5 Å². The van der Waals surface area contributed by atoms with Gasteiger partial charge in [0.15, 0.2) is 17.7 Å². The molecule has 0 fully saturated rings. The van der Waals surface area contributed by atoms with Crippen LogP contribution >= 0.6 is 0 Å². The number of carbonyl (C=O) groups excluding carboxylic acids is 2. The van der Waals surface area contributed by atoms with E-state index in [1.807, 2.05) is 0 Å². The number of phenolic OH excluding ortho intramolecular Hbond substituents is 2. The molecule has 2 amide bonds. The highest BCUT2D eigenvalue weighted by Gasteiger charge is 2.32. The monoisotopic (exact) mass is 500 g/mol. The first-order valence-electron chi connectivity index (χ1n) is 11.0. The molecule has 1 heterocycles. The van der Waals surface area contributed by atoms with Crippen LogP contribution in [0.5, 0.6) is 23.0 Å². The van der Waals surface area contributed by atoms with Crippen LogP contribution in [0.25, 0.3) is 0 Å². The first kappa shape index (κ1) is 26.2. The maximum atomic E-state index is 12.3. The summed E-state index contributed by atoms with van der Waals surface area (Å²) in [4.78, 5) is 24.4. The van der Waals surface area contributed by atoms with E-state index in [1.54, 1.807) is 32.0 Å². The molecule has 12 nitrogen and oxygen atoms in total. The molecule has 6 N–H and O–H groups in total. The number of esters is 1. The third kappa shape index (κ3) is 6.36. The third-order valence-corrected chi connectivity index (χ3v) is 5.11. The molecule has 2 aromatic carbocycles. The lowest BCUT2D eigenvalue weighted by atomic mass is 9.95. The fraction of sp³-hybridized carbons (Fsp3) is 0.292. The first-order chi connectivity index (χ1) is 17.2. The van der Waals surface area contributed by atoms with E-state index in [0.29, 0.717) is 34.9 Å². The summed E-state index contributed by atoms with van der Waals surface area (Å²) in [6, 6.07) is 7.69. The number of ether oxygens (including phenoxy) is 3. The third-order valence-electron chi connectivity index (χ3n) is 5.11. The Hall–Kier alpha value is -4.45. The van der Waals surface area contributed by atoms with Gasteiger partial charge in [-0.3, -0.25) is 5.43 Å². The summed E-state index contributed by atoms with van der Waals surface area (Å²) in [5.74, 6) is -0.175. The summed E-state index contributed by atoms with van der Waals surface area (Å²) in [6.45, 7) is 3.52. The quantitative estimate of drug-likeness (QED) is 0.123. The van der Waals surface area contributed by atoms with Gasteiger partial charge in [-0.2, -0.15) is 5.10 Å². The fourth-order valence-electron chi connectivity index (χ4n) is 3.46. The maximum absolute atomic E-state index is 12.3. The molecule has 1 aliphatic rings. The molecule has 2 atom stereocenters. The average molecular weight is 501 g/mol. The van der Waals surface area contributed by atoms with E-state index in [1.165, 1.54) is 31.5 Å². The molecule has 0 aliphatic carbocycles. The minimum atomic E-state index is -1.20. The van der Waals surface area contributed by atoms with Gasteiger partial charge >= 0.3 is 12.0 Å². The number of hydrazone groups is 1. The Balaban J connectivity index is 1.71. The SMILES string of the molecule is CCOc1cc([C@@H]2NC(=O)NC(C)=C2C(=O)OC)ccc1OC[C@H](O)N/N=C\c1ccc(O)cc1O. The Morgan fingerprint density at radius 3 is 2.67 bits per heavy atom. The van der Waals surface area contributed by atoms with Crippen LogP contribution in [0.15, 0.2) is 52.8 Å². The molecule has 36 heavy (non-hydrogen) atoms. The molecule has 0 aromatic heterocycles. The number of aliphatic hydroxyl groups is 1. The molecule has 2 aromatic rings. The highest BCUT2D eigenvalue weighted by Crippen LogP contribution is 2.35. The number of aliphatic hydroxyl groups excluding tert-OH is 1. The summed E-state index contributed by atoms with van der Waals surface area (Å²) in [6.07, 6.45) is 0.0787. The van der Waals surface area contributed by atoms with E-state index >= 15 is 0 Å². The zero-order valence-corrected chi connectivity index (χ0v) is 19.9. The number of urea groups is 1. The van der Waals surface area contributed by atoms with Crippen molar-refractivity contribution in [2.75, 3.05) is 20.3 Å². The number of nitrogens with zero attached hydrogens (tertiary/aromatic N) is 1. The van der Waals surface area contributed by atoms with Crippen LogP contribution in [0, 0.1) is 0 Å². The Labute approximate surface area is 207 Å². The summed E-state index contributed by atoms with van der Waals surface area (Å²) < 4.78 is 16.2. The molecule has 0 bridgehead atoms. The van der Waals surface area contributed by atoms with Gasteiger partial charge in [0, 0.05) is 17.3 Å². The number of carbonyl (C=O) groups is 2. The Morgan fingerprint density at radius 1 is 1.19 bits per heavy atom. The predicted molar refractivity (Wildman–Crippen MR) is 129 cm³/mol. The largest absolute Gasteiger partial charge is 0.508 e. The van der Waals surface area contributed by atoms with Gasteiger partial charge in [-0.15, -0.1) is 0 Å². The van der Waals surface area contributed by atoms with Crippen LogP contribution < -0.4 is 25.5 Å². The van der Waals surface area contributed by atoms with Crippen molar-refractivity contribution in [3.05, 3.63) is 58.8 Å². The Morgan fingerprint density at radius 2 is 1.97 bits per heavy atom. The predicted octanol–water partition coefficient (Wildman–Crippen LogP) is 1.62. The van der Waals surface area contributed by atoms with E-state index < -0.39 is 24.3 Å². The zero-order chi connectivity index (χ0) is 26.2. The number of benzene rings is 2. The van der Waals surface area contributed by atoms with Crippen molar-refractivity contribution in [2.45, 2.75) is 26.1 Å². The van der Waals surface area contributed by atoms with E-state index in [2.05, 4.69) is 21.2 Å². The number of hydrogen-bond donors (Lipinski definition) is 6. The summed E-state index contributed by atoms with van der Waals surface area (Å²) in [5, 5.41) is 38.4. The normalized spacial score (nSPS) is 16.2. The number of aromatic hydroxyl groups is 2. The lowest BCUT2D eigenvalue weighted by Crippen LogP contribution is -2.45. The second-order valence-corrected chi connectivity index (χ2v) is 7.66. The smallest absolute Gasteiger partial charge is 0.337 e. The van der Waals surface area contributed by atoms with E-state index in [0.717, 1.165) is 0 Å². The van der Waals surface area contributed by atoms with Gasteiger partial charge < -0.3 is 40.2 Å². The van der Waals surface area contributed by atoms with E-state index in [9.17, 15) is 24.9 Å². The van der Waals surface area contributed by atoms with Crippen LogP contribution in [0.4, 0.5) is 4.79 Å². The summed E-state index contributed by atoms with van der Waals surface area (Å²) in [7, 11) is 1.26. The van der Waals surface area contributed by atoms with Crippen molar-refractivity contribution >= 4 is 18.2 Å². The number of amides is 2. The molecule has 0 saturated carbocycles. The average Bonchev–Trinajstić information content (AvgIpc) is 2.84. The van der Waals surface area contributed by atoms with Crippen LogP contribution in [0.1, 0.15) is 31.0 Å². The van der Waals surface area contributed by atoms with Crippen molar-refractivity contribution in [1.29, 1.82) is 0 Å². The number of allylic oxidation sites excluding steroid dienone is 1. The molecular formula is C24H28N4O8. The van der Waals surface area contributed by atoms with Crippen molar-refractivity contribution in [3.63, 3.8) is 0 Å². The second-order valence-electron chi connectivity index (χ2n) is 7.66. The van der Waals surface area contributed by atoms with Crippen molar-refractivity contribution in [1.82, 2.24) is 16.1 Å².